The number of nitrogens with one attached hydrogen (secondary N) is 1. The lowest BCUT2D eigenvalue weighted by atomic mass is 10.1. The lowest BCUT2D eigenvalue weighted by molar-refractivity contribution is -0.121. The molecule has 0 heterocycles. The molecular formula is C19H23NO3S. The van der Waals surface area contributed by atoms with Crippen LogP contribution in [0.1, 0.15) is 36.6 Å². The summed E-state index contributed by atoms with van der Waals surface area (Å²) in [5, 5.41) is 1.69. The maximum absolute atomic E-state index is 12.5. The third kappa shape index (κ3) is 4.68. The van der Waals surface area contributed by atoms with E-state index in [1.807, 2.05) is 62.4 Å². The Labute approximate surface area is 143 Å². The first kappa shape index (κ1) is 18.2. The Kier molecular flexibility index (Phi) is 5.78. The van der Waals surface area contributed by atoms with Crippen LogP contribution in [0.25, 0.3) is 0 Å². The zero-order valence-electron chi connectivity index (χ0n) is 14.2. The number of benzene rings is 2. The number of rotatable bonds is 6. The summed E-state index contributed by atoms with van der Waals surface area (Å²) in [6.45, 7) is 5.19. The molecule has 5 heteroatoms. The molecule has 0 aliphatic carbocycles. The maximum atomic E-state index is 12.5. The van der Waals surface area contributed by atoms with Gasteiger partial charge in [0.1, 0.15) is 5.25 Å². The van der Waals surface area contributed by atoms with E-state index in [-0.39, 0.29) is 11.8 Å². The molecule has 4 nitrogen and oxygen atoms in total. The number of hydrogen-bond acceptors (Lipinski definition) is 3. The molecular weight excluding hydrogens is 322 g/mol. The van der Waals surface area contributed by atoms with Crippen molar-refractivity contribution in [3.8, 4) is 0 Å². The van der Waals surface area contributed by atoms with Crippen molar-refractivity contribution in [2.75, 3.05) is 0 Å². The van der Waals surface area contributed by atoms with E-state index in [1.165, 1.54) is 6.92 Å². The monoisotopic (exact) mass is 345 g/mol. The van der Waals surface area contributed by atoms with Gasteiger partial charge in [-0.1, -0.05) is 60.2 Å². The van der Waals surface area contributed by atoms with Gasteiger partial charge in [-0.25, -0.2) is 8.42 Å². The van der Waals surface area contributed by atoms with Crippen LogP contribution < -0.4 is 5.32 Å². The van der Waals surface area contributed by atoms with Crippen LogP contribution in [0.5, 0.6) is 0 Å². The fourth-order valence-corrected chi connectivity index (χ4v) is 3.77. The Morgan fingerprint density at radius 1 is 1.04 bits per heavy atom. The van der Waals surface area contributed by atoms with Crippen LogP contribution in [0.15, 0.2) is 54.6 Å². The number of sulfone groups is 1. The van der Waals surface area contributed by atoms with Gasteiger partial charge in [-0.2, -0.15) is 0 Å². The number of hydrogen-bond donors (Lipinski definition) is 1. The predicted molar refractivity (Wildman–Crippen MR) is 96.3 cm³/mol. The SMILES string of the molecule is Cc1cccc(CS(=O)(=O)[C@@H](C)C(=O)N[C@@H](C)c2ccccc2)c1. The molecule has 24 heavy (non-hydrogen) atoms. The third-order valence-electron chi connectivity index (χ3n) is 4.02. The summed E-state index contributed by atoms with van der Waals surface area (Å²) in [4.78, 5) is 12.3. The molecule has 0 unspecified atom stereocenters. The van der Waals surface area contributed by atoms with Crippen molar-refractivity contribution >= 4 is 15.7 Å². The minimum Gasteiger partial charge on any atom is -0.348 e. The van der Waals surface area contributed by atoms with E-state index < -0.39 is 21.0 Å². The van der Waals surface area contributed by atoms with E-state index in [9.17, 15) is 13.2 Å². The quantitative estimate of drug-likeness (QED) is 0.874. The highest BCUT2D eigenvalue weighted by molar-refractivity contribution is 7.92. The highest BCUT2D eigenvalue weighted by Gasteiger charge is 2.29. The van der Waals surface area contributed by atoms with Gasteiger partial charge in [-0.15, -0.1) is 0 Å². The highest BCUT2D eigenvalue weighted by Crippen LogP contribution is 2.16. The third-order valence-corrected chi connectivity index (χ3v) is 6.04. The van der Waals surface area contributed by atoms with Gasteiger partial charge in [0.05, 0.1) is 11.8 Å². The molecule has 2 atom stereocenters. The molecule has 0 bridgehead atoms. The average molecular weight is 345 g/mol. The lowest BCUT2D eigenvalue weighted by Gasteiger charge is -2.18. The number of amides is 1. The fourth-order valence-electron chi connectivity index (χ4n) is 2.48. The van der Waals surface area contributed by atoms with Gasteiger partial charge in [0.2, 0.25) is 5.91 Å². The molecule has 1 N–H and O–H groups in total. The molecule has 0 aromatic heterocycles. The molecule has 0 aliphatic heterocycles. The van der Waals surface area contributed by atoms with Crippen LogP contribution >= 0.6 is 0 Å². The van der Waals surface area contributed by atoms with E-state index in [2.05, 4.69) is 5.32 Å². The van der Waals surface area contributed by atoms with Crippen LogP contribution in [0, 0.1) is 6.92 Å². The molecule has 0 fully saturated rings. The standard InChI is InChI=1S/C19H23NO3S/c1-14-8-7-9-17(12-14)13-24(22,23)16(3)19(21)20-15(2)18-10-5-4-6-11-18/h4-12,15-16H,13H2,1-3H3,(H,20,21)/t15-,16-/m0/s1. The molecule has 2 aromatic rings. The lowest BCUT2D eigenvalue weighted by Crippen LogP contribution is -2.39. The minimum absolute atomic E-state index is 0.136. The van der Waals surface area contributed by atoms with Gasteiger partial charge in [-0.3, -0.25) is 4.79 Å². The zero-order valence-corrected chi connectivity index (χ0v) is 15.0. The van der Waals surface area contributed by atoms with Crippen molar-refractivity contribution in [2.24, 2.45) is 0 Å². The number of carbonyl (C=O) groups excluding carboxylic acids is 1. The van der Waals surface area contributed by atoms with E-state index in [0.717, 1.165) is 11.1 Å². The first-order chi connectivity index (χ1) is 11.3. The molecule has 0 saturated heterocycles. The largest absolute Gasteiger partial charge is 0.348 e. The van der Waals surface area contributed by atoms with Gasteiger partial charge >= 0.3 is 0 Å². The topological polar surface area (TPSA) is 63.2 Å². The van der Waals surface area contributed by atoms with Crippen molar-refractivity contribution in [3.63, 3.8) is 0 Å². The Bertz CT molecular complexity index is 800. The van der Waals surface area contributed by atoms with Crippen LogP contribution in [0.4, 0.5) is 0 Å². The van der Waals surface area contributed by atoms with Gasteiger partial charge in [0, 0.05) is 0 Å². The Morgan fingerprint density at radius 3 is 2.33 bits per heavy atom. The van der Waals surface area contributed by atoms with Crippen molar-refractivity contribution in [1.82, 2.24) is 5.32 Å². The summed E-state index contributed by atoms with van der Waals surface area (Å²) >= 11 is 0. The number of aryl methyl sites for hydroxylation is 1. The van der Waals surface area contributed by atoms with Crippen molar-refractivity contribution < 1.29 is 13.2 Å². The van der Waals surface area contributed by atoms with Gasteiger partial charge < -0.3 is 5.32 Å². The Hall–Kier alpha value is -2.14. The van der Waals surface area contributed by atoms with Gasteiger partial charge in [0.25, 0.3) is 0 Å². The molecule has 0 spiro atoms. The van der Waals surface area contributed by atoms with Gasteiger partial charge in [-0.05, 0) is 31.9 Å². The zero-order chi connectivity index (χ0) is 17.7. The van der Waals surface area contributed by atoms with Crippen molar-refractivity contribution in [1.29, 1.82) is 0 Å². The van der Waals surface area contributed by atoms with Crippen LogP contribution in [0.2, 0.25) is 0 Å². The first-order valence-corrected chi connectivity index (χ1v) is 9.63. The summed E-state index contributed by atoms with van der Waals surface area (Å²) < 4.78 is 25.0. The fraction of sp³-hybridized carbons (Fsp3) is 0.316. The van der Waals surface area contributed by atoms with Crippen LogP contribution in [-0.2, 0) is 20.4 Å². The highest BCUT2D eigenvalue weighted by atomic mass is 32.2. The summed E-state index contributed by atoms with van der Waals surface area (Å²) in [7, 11) is -3.57. The molecule has 0 saturated carbocycles. The normalized spacial score (nSPS) is 14.0. The van der Waals surface area contributed by atoms with Crippen LogP contribution in [0.3, 0.4) is 0 Å². The predicted octanol–water partition coefficient (Wildman–Crippen LogP) is 3.18. The molecule has 1 amide bonds. The second-order valence-electron chi connectivity index (χ2n) is 6.08. The summed E-state index contributed by atoms with van der Waals surface area (Å²) in [5.41, 5.74) is 2.64. The first-order valence-electron chi connectivity index (χ1n) is 7.92. The summed E-state index contributed by atoms with van der Waals surface area (Å²) in [6.07, 6.45) is 0. The molecule has 2 aromatic carbocycles. The van der Waals surface area contributed by atoms with Crippen molar-refractivity contribution in [3.05, 3.63) is 71.3 Å². The van der Waals surface area contributed by atoms with E-state index in [0.29, 0.717) is 5.56 Å². The summed E-state index contributed by atoms with van der Waals surface area (Å²) in [6, 6.07) is 16.6. The average Bonchev–Trinajstić information content (AvgIpc) is 2.54. The smallest absolute Gasteiger partial charge is 0.238 e. The van der Waals surface area contributed by atoms with Crippen LogP contribution in [-0.4, -0.2) is 19.6 Å². The minimum atomic E-state index is -3.57. The Balaban J connectivity index is 2.06. The second kappa shape index (κ2) is 7.62. The van der Waals surface area contributed by atoms with Crippen molar-refractivity contribution in [2.45, 2.75) is 37.8 Å². The molecule has 0 aliphatic rings. The van der Waals surface area contributed by atoms with E-state index in [1.54, 1.807) is 6.07 Å². The Morgan fingerprint density at radius 2 is 1.71 bits per heavy atom. The number of carbonyl (C=O) groups is 1. The molecule has 128 valence electrons. The molecule has 0 radical (unpaired) electrons. The molecule has 2 rings (SSSR count). The summed E-state index contributed by atoms with van der Waals surface area (Å²) in [5.74, 6) is -0.609. The van der Waals surface area contributed by atoms with E-state index in [4.69, 9.17) is 0 Å². The van der Waals surface area contributed by atoms with E-state index >= 15 is 0 Å². The maximum Gasteiger partial charge on any atom is 0.238 e. The second-order valence-corrected chi connectivity index (χ2v) is 8.40. The van der Waals surface area contributed by atoms with Gasteiger partial charge in [0.15, 0.2) is 9.84 Å².